The van der Waals surface area contributed by atoms with Gasteiger partial charge < -0.3 is 14.8 Å². The van der Waals surface area contributed by atoms with Gasteiger partial charge in [-0.15, -0.1) is 0 Å². The Labute approximate surface area is 196 Å². The molecule has 0 spiro atoms. The van der Waals surface area contributed by atoms with Crippen molar-refractivity contribution >= 4 is 22.0 Å². The predicted molar refractivity (Wildman–Crippen MR) is 129 cm³/mol. The van der Waals surface area contributed by atoms with Crippen molar-refractivity contribution in [1.82, 2.24) is 9.62 Å². The SMILES string of the molecule is COc1cc(/C=C/C(=O)NCc2cccc(S(=O)(=O)N3CCCCC3)c2)ccc1OC(C)C. The van der Waals surface area contributed by atoms with Crippen LogP contribution in [0.2, 0.25) is 0 Å². The molecule has 0 aromatic heterocycles. The van der Waals surface area contributed by atoms with Gasteiger partial charge in [0.1, 0.15) is 0 Å². The van der Waals surface area contributed by atoms with Crippen LogP contribution in [0.25, 0.3) is 6.08 Å². The van der Waals surface area contributed by atoms with Gasteiger partial charge in [-0.1, -0.05) is 24.6 Å². The Morgan fingerprint density at radius 3 is 2.55 bits per heavy atom. The molecule has 0 atom stereocenters. The molecule has 1 amide bonds. The van der Waals surface area contributed by atoms with Crippen molar-refractivity contribution in [2.75, 3.05) is 20.2 Å². The number of ether oxygens (including phenoxy) is 2. The minimum Gasteiger partial charge on any atom is -0.493 e. The first-order chi connectivity index (χ1) is 15.8. The van der Waals surface area contributed by atoms with E-state index in [-0.39, 0.29) is 23.5 Å². The lowest BCUT2D eigenvalue weighted by molar-refractivity contribution is -0.116. The normalized spacial score (nSPS) is 15.0. The fraction of sp³-hybridized carbons (Fsp3) is 0.400. The topological polar surface area (TPSA) is 84.9 Å². The van der Waals surface area contributed by atoms with Crippen LogP contribution < -0.4 is 14.8 Å². The molecule has 0 radical (unpaired) electrons. The molecule has 2 aromatic rings. The molecule has 1 aliphatic rings. The Morgan fingerprint density at radius 1 is 1.09 bits per heavy atom. The molecule has 8 heteroatoms. The fourth-order valence-electron chi connectivity index (χ4n) is 3.63. The molecule has 178 valence electrons. The molecular formula is C25H32N2O5S. The summed E-state index contributed by atoms with van der Waals surface area (Å²) in [5.41, 5.74) is 1.53. The van der Waals surface area contributed by atoms with Gasteiger partial charge in [0.25, 0.3) is 0 Å². The summed E-state index contributed by atoms with van der Waals surface area (Å²) in [6, 6.07) is 12.2. The van der Waals surface area contributed by atoms with Crippen LogP contribution in [0.5, 0.6) is 11.5 Å². The van der Waals surface area contributed by atoms with E-state index in [0.29, 0.717) is 24.6 Å². The van der Waals surface area contributed by atoms with Crippen LogP contribution in [0.1, 0.15) is 44.2 Å². The second-order valence-electron chi connectivity index (χ2n) is 8.24. The Kier molecular flexibility index (Phi) is 8.52. The maximum atomic E-state index is 12.9. The van der Waals surface area contributed by atoms with Gasteiger partial charge in [-0.2, -0.15) is 4.31 Å². The van der Waals surface area contributed by atoms with E-state index < -0.39 is 10.0 Å². The predicted octanol–water partition coefficient (Wildman–Crippen LogP) is 3.99. The van der Waals surface area contributed by atoms with Crippen LogP contribution in [-0.2, 0) is 21.4 Å². The molecule has 0 unspecified atom stereocenters. The smallest absolute Gasteiger partial charge is 0.244 e. The Bertz CT molecular complexity index is 1090. The Morgan fingerprint density at radius 2 is 1.85 bits per heavy atom. The van der Waals surface area contributed by atoms with Crippen molar-refractivity contribution < 1.29 is 22.7 Å². The first-order valence-electron chi connectivity index (χ1n) is 11.2. The van der Waals surface area contributed by atoms with Crippen LogP contribution in [-0.4, -0.2) is 44.9 Å². The molecule has 1 N–H and O–H groups in total. The number of hydrogen-bond acceptors (Lipinski definition) is 5. The molecule has 2 aromatic carbocycles. The lowest BCUT2D eigenvalue weighted by atomic mass is 10.2. The summed E-state index contributed by atoms with van der Waals surface area (Å²) in [6.07, 6.45) is 6.00. The van der Waals surface area contributed by atoms with Crippen molar-refractivity contribution in [2.24, 2.45) is 0 Å². The average Bonchev–Trinajstić information content (AvgIpc) is 2.82. The lowest BCUT2D eigenvalue weighted by Crippen LogP contribution is -2.35. The highest BCUT2D eigenvalue weighted by Crippen LogP contribution is 2.29. The van der Waals surface area contributed by atoms with Gasteiger partial charge in [-0.3, -0.25) is 4.79 Å². The molecule has 1 saturated heterocycles. The largest absolute Gasteiger partial charge is 0.493 e. The first kappa shape index (κ1) is 24.8. The number of carbonyl (C=O) groups is 1. The summed E-state index contributed by atoms with van der Waals surface area (Å²) in [4.78, 5) is 12.6. The number of benzene rings is 2. The van der Waals surface area contributed by atoms with Crippen molar-refractivity contribution in [3.05, 3.63) is 59.7 Å². The van der Waals surface area contributed by atoms with E-state index in [2.05, 4.69) is 5.32 Å². The van der Waals surface area contributed by atoms with E-state index in [1.807, 2.05) is 26.0 Å². The molecule has 7 nitrogen and oxygen atoms in total. The van der Waals surface area contributed by atoms with E-state index in [9.17, 15) is 13.2 Å². The second-order valence-corrected chi connectivity index (χ2v) is 10.2. The van der Waals surface area contributed by atoms with Gasteiger partial charge >= 0.3 is 0 Å². The number of nitrogens with zero attached hydrogens (tertiary/aromatic N) is 1. The number of sulfonamides is 1. The van der Waals surface area contributed by atoms with E-state index in [4.69, 9.17) is 9.47 Å². The zero-order valence-electron chi connectivity index (χ0n) is 19.4. The van der Waals surface area contributed by atoms with Crippen LogP contribution in [0.3, 0.4) is 0 Å². The third-order valence-corrected chi connectivity index (χ3v) is 7.19. The zero-order chi connectivity index (χ0) is 23.8. The fourth-order valence-corrected chi connectivity index (χ4v) is 5.22. The van der Waals surface area contributed by atoms with E-state index in [1.54, 1.807) is 47.8 Å². The quantitative estimate of drug-likeness (QED) is 0.558. The average molecular weight is 473 g/mol. The molecule has 0 bridgehead atoms. The molecule has 1 aliphatic heterocycles. The molecule has 1 heterocycles. The molecule has 33 heavy (non-hydrogen) atoms. The zero-order valence-corrected chi connectivity index (χ0v) is 20.2. The maximum Gasteiger partial charge on any atom is 0.244 e. The molecule has 0 aliphatic carbocycles. The molecular weight excluding hydrogens is 440 g/mol. The van der Waals surface area contributed by atoms with Gasteiger partial charge in [0.2, 0.25) is 15.9 Å². The summed E-state index contributed by atoms with van der Waals surface area (Å²) in [5, 5.41) is 2.80. The second kappa shape index (κ2) is 11.3. The van der Waals surface area contributed by atoms with Gasteiger partial charge in [0.15, 0.2) is 11.5 Å². The van der Waals surface area contributed by atoms with Crippen LogP contribution in [0.15, 0.2) is 53.4 Å². The third-order valence-electron chi connectivity index (χ3n) is 5.30. The third kappa shape index (κ3) is 6.82. The van der Waals surface area contributed by atoms with Gasteiger partial charge in [-0.05, 0) is 68.2 Å². The first-order valence-corrected chi connectivity index (χ1v) is 12.6. The highest BCUT2D eigenvalue weighted by Gasteiger charge is 2.25. The summed E-state index contributed by atoms with van der Waals surface area (Å²) in [6.45, 7) is 5.23. The molecule has 1 fully saturated rings. The number of rotatable bonds is 9. The summed E-state index contributed by atoms with van der Waals surface area (Å²) < 4.78 is 38.4. The van der Waals surface area contributed by atoms with E-state index >= 15 is 0 Å². The molecule has 3 rings (SSSR count). The van der Waals surface area contributed by atoms with Crippen LogP contribution >= 0.6 is 0 Å². The lowest BCUT2D eigenvalue weighted by Gasteiger charge is -2.26. The van der Waals surface area contributed by atoms with Gasteiger partial charge in [0.05, 0.1) is 18.1 Å². The van der Waals surface area contributed by atoms with Crippen LogP contribution in [0.4, 0.5) is 0 Å². The number of hydrogen-bond donors (Lipinski definition) is 1. The van der Waals surface area contributed by atoms with Gasteiger partial charge in [0, 0.05) is 25.7 Å². The van der Waals surface area contributed by atoms with Crippen LogP contribution in [0, 0.1) is 0 Å². The van der Waals surface area contributed by atoms with E-state index in [0.717, 1.165) is 30.4 Å². The highest BCUT2D eigenvalue weighted by atomic mass is 32.2. The summed E-state index contributed by atoms with van der Waals surface area (Å²) >= 11 is 0. The van der Waals surface area contributed by atoms with Crippen molar-refractivity contribution in [3.63, 3.8) is 0 Å². The highest BCUT2D eigenvalue weighted by molar-refractivity contribution is 7.89. The van der Waals surface area contributed by atoms with Crippen molar-refractivity contribution in [2.45, 2.75) is 50.7 Å². The molecule has 0 saturated carbocycles. The number of methoxy groups -OCH3 is 1. The standard InChI is InChI=1S/C25H32N2O5S/c1-19(2)32-23-12-10-20(17-24(23)31-3)11-13-25(28)26-18-21-8-7-9-22(16-21)33(29,30)27-14-5-4-6-15-27/h7-13,16-17,19H,4-6,14-15,18H2,1-3H3,(H,26,28)/b13-11+. The Balaban J connectivity index is 1.61. The monoisotopic (exact) mass is 472 g/mol. The number of amides is 1. The Hall–Kier alpha value is -2.84. The maximum absolute atomic E-state index is 12.9. The summed E-state index contributed by atoms with van der Waals surface area (Å²) in [5.74, 6) is 0.965. The van der Waals surface area contributed by atoms with Crippen molar-refractivity contribution in [1.29, 1.82) is 0 Å². The van der Waals surface area contributed by atoms with E-state index in [1.165, 1.54) is 6.08 Å². The van der Waals surface area contributed by atoms with Crippen molar-refractivity contribution in [3.8, 4) is 11.5 Å². The number of carbonyl (C=O) groups excluding carboxylic acids is 1. The number of piperidine rings is 1. The minimum absolute atomic E-state index is 0.0272. The van der Waals surface area contributed by atoms with Gasteiger partial charge in [-0.25, -0.2) is 8.42 Å². The minimum atomic E-state index is -3.50. The summed E-state index contributed by atoms with van der Waals surface area (Å²) in [7, 11) is -1.93. The number of nitrogens with one attached hydrogen (secondary N) is 1.